The Morgan fingerprint density at radius 2 is 2.23 bits per heavy atom. The monoisotopic (exact) mass is 305 g/mol. The molecule has 0 radical (unpaired) electrons. The lowest BCUT2D eigenvalue weighted by Crippen LogP contribution is -2.26. The van der Waals surface area contributed by atoms with Gasteiger partial charge in [-0.15, -0.1) is 0 Å². The fraction of sp³-hybridized carbons (Fsp3) is 0.538. The van der Waals surface area contributed by atoms with Crippen LogP contribution >= 0.6 is 0 Å². The summed E-state index contributed by atoms with van der Waals surface area (Å²) in [5.74, 6) is 0.778. The summed E-state index contributed by atoms with van der Waals surface area (Å²) in [6.45, 7) is 0.734. The molecule has 3 rings (SSSR count). The van der Waals surface area contributed by atoms with Gasteiger partial charge in [0, 0.05) is 20.7 Å². The molecule has 9 nitrogen and oxygen atoms in total. The maximum absolute atomic E-state index is 11.5. The van der Waals surface area contributed by atoms with Crippen molar-refractivity contribution >= 4 is 29.0 Å². The molecule has 2 aromatic heterocycles. The van der Waals surface area contributed by atoms with E-state index in [1.54, 1.807) is 13.4 Å². The minimum Gasteiger partial charge on any atom is -0.371 e. The number of urea groups is 1. The molecule has 9 heteroatoms. The first-order valence-electron chi connectivity index (χ1n) is 7.25. The van der Waals surface area contributed by atoms with Gasteiger partial charge in [0.2, 0.25) is 5.95 Å². The van der Waals surface area contributed by atoms with Crippen LogP contribution in [-0.2, 0) is 4.74 Å². The maximum atomic E-state index is 11.5. The summed E-state index contributed by atoms with van der Waals surface area (Å²) in [5, 5.41) is 8.04. The predicted octanol–water partition coefficient (Wildman–Crippen LogP) is 1.32. The van der Waals surface area contributed by atoms with E-state index in [0.29, 0.717) is 17.0 Å². The molecule has 0 aliphatic carbocycles. The number of rotatable bonds is 3. The van der Waals surface area contributed by atoms with Gasteiger partial charge < -0.3 is 15.4 Å². The van der Waals surface area contributed by atoms with E-state index in [2.05, 4.69) is 30.9 Å². The Labute approximate surface area is 127 Å². The van der Waals surface area contributed by atoms with Gasteiger partial charge in [0.1, 0.15) is 6.23 Å². The van der Waals surface area contributed by atoms with Crippen molar-refractivity contribution in [3.63, 3.8) is 0 Å². The Kier molecular flexibility index (Phi) is 4.05. The number of fused-ring (bicyclic) bond motifs is 1. The zero-order chi connectivity index (χ0) is 15.5. The molecular weight excluding hydrogens is 286 g/mol. The average Bonchev–Trinajstić information content (AvgIpc) is 2.98. The highest BCUT2D eigenvalue weighted by atomic mass is 16.5. The standard InChI is InChI=1S/C13H19N7O2/c1-14-10-9-11(18-12(17-10)19-13(21)15-2)20(7-16-9)8-5-3-4-6-22-8/h7-8H,3-6H2,1-2H3,(H3,14,15,17,18,19,21). The summed E-state index contributed by atoms with van der Waals surface area (Å²) in [6.07, 6.45) is 4.73. The van der Waals surface area contributed by atoms with E-state index in [1.807, 2.05) is 4.57 Å². The van der Waals surface area contributed by atoms with Gasteiger partial charge in [-0.1, -0.05) is 0 Å². The Morgan fingerprint density at radius 3 is 2.91 bits per heavy atom. The van der Waals surface area contributed by atoms with Crippen molar-refractivity contribution in [1.29, 1.82) is 0 Å². The van der Waals surface area contributed by atoms with E-state index in [4.69, 9.17) is 4.74 Å². The third-order valence-electron chi connectivity index (χ3n) is 3.58. The number of amides is 2. The molecule has 0 spiro atoms. The minimum atomic E-state index is -0.374. The first-order chi connectivity index (χ1) is 10.7. The highest BCUT2D eigenvalue weighted by molar-refractivity contribution is 5.90. The van der Waals surface area contributed by atoms with Crippen molar-refractivity contribution in [2.45, 2.75) is 25.5 Å². The topological polar surface area (TPSA) is 106 Å². The molecule has 0 bridgehead atoms. The van der Waals surface area contributed by atoms with E-state index >= 15 is 0 Å². The zero-order valence-electron chi connectivity index (χ0n) is 12.6. The lowest BCUT2D eigenvalue weighted by atomic mass is 10.2. The fourth-order valence-electron chi connectivity index (χ4n) is 2.46. The Hall–Kier alpha value is -2.42. The van der Waals surface area contributed by atoms with Crippen LogP contribution in [0, 0.1) is 0 Å². The Bertz CT molecular complexity index is 678. The lowest BCUT2D eigenvalue weighted by Gasteiger charge is -2.23. The SMILES string of the molecule is CNC(=O)Nc1nc(NC)c2ncn(C3CCCCO3)c2n1. The molecule has 1 aliphatic heterocycles. The van der Waals surface area contributed by atoms with Crippen molar-refractivity contribution in [1.82, 2.24) is 24.8 Å². The number of aromatic nitrogens is 4. The van der Waals surface area contributed by atoms with Gasteiger partial charge >= 0.3 is 6.03 Å². The molecule has 1 unspecified atom stereocenters. The number of hydrogen-bond donors (Lipinski definition) is 3. The second-order valence-electron chi connectivity index (χ2n) is 5.00. The third-order valence-corrected chi connectivity index (χ3v) is 3.58. The molecule has 3 N–H and O–H groups in total. The van der Waals surface area contributed by atoms with Crippen LogP contribution < -0.4 is 16.0 Å². The molecular formula is C13H19N7O2. The average molecular weight is 305 g/mol. The number of ether oxygens (including phenoxy) is 1. The van der Waals surface area contributed by atoms with Gasteiger partial charge in [-0.2, -0.15) is 9.97 Å². The number of carbonyl (C=O) groups excluding carboxylic acids is 1. The first-order valence-corrected chi connectivity index (χ1v) is 7.25. The van der Waals surface area contributed by atoms with Crippen LogP contribution in [0.3, 0.4) is 0 Å². The van der Waals surface area contributed by atoms with Gasteiger partial charge in [-0.3, -0.25) is 9.88 Å². The normalized spacial score (nSPS) is 18.2. The summed E-state index contributed by atoms with van der Waals surface area (Å²) in [5.41, 5.74) is 1.29. The van der Waals surface area contributed by atoms with E-state index < -0.39 is 0 Å². The molecule has 2 amide bonds. The predicted molar refractivity (Wildman–Crippen MR) is 81.8 cm³/mol. The van der Waals surface area contributed by atoms with Crippen LogP contribution in [0.5, 0.6) is 0 Å². The summed E-state index contributed by atoms with van der Waals surface area (Å²) < 4.78 is 7.68. The maximum Gasteiger partial charge on any atom is 0.321 e. The highest BCUT2D eigenvalue weighted by Crippen LogP contribution is 2.28. The number of imidazole rings is 1. The van der Waals surface area contributed by atoms with Crippen LogP contribution in [-0.4, -0.2) is 46.3 Å². The zero-order valence-corrected chi connectivity index (χ0v) is 12.6. The molecule has 1 atom stereocenters. The number of hydrogen-bond acceptors (Lipinski definition) is 6. The van der Waals surface area contributed by atoms with Gasteiger partial charge in [-0.05, 0) is 19.3 Å². The van der Waals surface area contributed by atoms with Crippen molar-refractivity contribution in [2.75, 3.05) is 31.3 Å². The second-order valence-corrected chi connectivity index (χ2v) is 5.00. The number of carbonyl (C=O) groups is 1. The van der Waals surface area contributed by atoms with Crippen LogP contribution in [0.2, 0.25) is 0 Å². The molecule has 0 saturated carbocycles. The molecule has 118 valence electrons. The second kappa shape index (κ2) is 6.14. The van der Waals surface area contributed by atoms with Crippen LogP contribution in [0.1, 0.15) is 25.5 Å². The first kappa shape index (κ1) is 14.5. The molecule has 2 aromatic rings. The largest absolute Gasteiger partial charge is 0.371 e. The number of nitrogens with one attached hydrogen (secondary N) is 3. The molecule has 0 aromatic carbocycles. The Morgan fingerprint density at radius 1 is 1.36 bits per heavy atom. The molecule has 1 saturated heterocycles. The van der Waals surface area contributed by atoms with Gasteiger partial charge in [0.05, 0.1) is 6.33 Å². The van der Waals surface area contributed by atoms with Crippen molar-refractivity contribution < 1.29 is 9.53 Å². The van der Waals surface area contributed by atoms with Crippen LogP contribution in [0.4, 0.5) is 16.6 Å². The van der Waals surface area contributed by atoms with E-state index in [-0.39, 0.29) is 18.2 Å². The molecule has 1 aliphatic rings. The van der Waals surface area contributed by atoms with Crippen LogP contribution in [0.25, 0.3) is 11.2 Å². The molecule has 3 heterocycles. The summed E-state index contributed by atoms with van der Waals surface area (Å²) in [4.78, 5) is 24.5. The highest BCUT2D eigenvalue weighted by Gasteiger charge is 2.21. The molecule has 22 heavy (non-hydrogen) atoms. The lowest BCUT2D eigenvalue weighted by molar-refractivity contribution is -0.0298. The smallest absolute Gasteiger partial charge is 0.321 e. The van der Waals surface area contributed by atoms with E-state index in [1.165, 1.54) is 7.05 Å². The third kappa shape index (κ3) is 2.67. The summed E-state index contributed by atoms with van der Waals surface area (Å²) in [7, 11) is 3.29. The Balaban J connectivity index is 2.03. The number of nitrogens with zero attached hydrogens (tertiary/aromatic N) is 4. The van der Waals surface area contributed by atoms with Crippen molar-refractivity contribution in [3.8, 4) is 0 Å². The summed E-state index contributed by atoms with van der Waals surface area (Å²) >= 11 is 0. The van der Waals surface area contributed by atoms with E-state index in [0.717, 1.165) is 25.9 Å². The summed E-state index contributed by atoms with van der Waals surface area (Å²) in [6, 6.07) is -0.374. The van der Waals surface area contributed by atoms with Crippen molar-refractivity contribution in [2.24, 2.45) is 0 Å². The van der Waals surface area contributed by atoms with Gasteiger partial charge in [0.25, 0.3) is 0 Å². The quantitative estimate of drug-likeness (QED) is 0.789. The van der Waals surface area contributed by atoms with Crippen molar-refractivity contribution in [3.05, 3.63) is 6.33 Å². The number of anilines is 2. The van der Waals surface area contributed by atoms with Crippen LogP contribution in [0.15, 0.2) is 6.33 Å². The molecule has 1 fully saturated rings. The van der Waals surface area contributed by atoms with Gasteiger partial charge in [-0.25, -0.2) is 9.78 Å². The fourth-order valence-corrected chi connectivity index (χ4v) is 2.46. The minimum absolute atomic E-state index is 0.0776. The van der Waals surface area contributed by atoms with Gasteiger partial charge in [0.15, 0.2) is 17.0 Å². The van der Waals surface area contributed by atoms with E-state index in [9.17, 15) is 4.79 Å².